The van der Waals surface area contributed by atoms with E-state index in [1.807, 2.05) is 0 Å². The summed E-state index contributed by atoms with van der Waals surface area (Å²) in [6.07, 6.45) is 1.69. The van der Waals surface area contributed by atoms with E-state index in [9.17, 15) is 9.59 Å². The van der Waals surface area contributed by atoms with Crippen LogP contribution in [0.15, 0.2) is 0 Å². The van der Waals surface area contributed by atoms with Gasteiger partial charge in [-0.05, 0) is 12.8 Å². The highest BCUT2D eigenvalue weighted by molar-refractivity contribution is 5.70. The van der Waals surface area contributed by atoms with Gasteiger partial charge in [-0.25, -0.2) is 4.79 Å². The van der Waals surface area contributed by atoms with Gasteiger partial charge in [0.2, 0.25) is 0 Å². The fourth-order valence-corrected chi connectivity index (χ4v) is 1.99. The van der Waals surface area contributed by atoms with Crippen LogP contribution in [0.3, 0.4) is 0 Å². The van der Waals surface area contributed by atoms with Gasteiger partial charge in [0.15, 0.2) is 0 Å². The summed E-state index contributed by atoms with van der Waals surface area (Å²) in [4.78, 5) is 20.9. The molecular formula is C8H11NO4. The summed E-state index contributed by atoms with van der Waals surface area (Å²) in [6.45, 7) is 0.985. The Labute approximate surface area is 75.4 Å². The summed E-state index contributed by atoms with van der Waals surface area (Å²) in [5, 5.41) is 2.61. The molecule has 2 atom stereocenters. The van der Waals surface area contributed by atoms with Gasteiger partial charge < -0.3 is 14.8 Å². The fourth-order valence-electron chi connectivity index (χ4n) is 1.99. The smallest absolute Gasteiger partial charge is 0.407 e. The van der Waals surface area contributed by atoms with Crippen LogP contribution in [0.1, 0.15) is 19.3 Å². The lowest BCUT2D eigenvalue weighted by Crippen LogP contribution is -2.30. The van der Waals surface area contributed by atoms with Gasteiger partial charge in [0.05, 0.1) is 6.54 Å². The maximum Gasteiger partial charge on any atom is 0.407 e. The van der Waals surface area contributed by atoms with Crippen molar-refractivity contribution in [1.29, 1.82) is 0 Å². The van der Waals surface area contributed by atoms with E-state index in [2.05, 4.69) is 5.32 Å². The summed E-state index contributed by atoms with van der Waals surface area (Å²) in [7, 11) is 0. The summed E-state index contributed by atoms with van der Waals surface area (Å²) in [5.74, 6) is 0. The molecule has 5 heteroatoms. The molecule has 1 saturated heterocycles. The Hall–Kier alpha value is -1.26. The lowest BCUT2D eigenvalue weighted by molar-refractivity contribution is -0.133. The maximum atomic E-state index is 10.8. The van der Waals surface area contributed by atoms with Crippen molar-refractivity contribution in [1.82, 2.24) is 5.32 Å². The zero-order valence-electron chi connectivity index (χ0n) is 7.12. The predicted octanol–water partition coefficient (Wildman–Crippen LogP) is 0.191. The Bertz CT molecular complexity index is 242. The van der Waals surface area contributed by atoms with Gasteiger partial charge in [-0.3, -0.25) is 4.79 Å². The lowest BCUT2D eigenvalue weighted by Gasteiger charge is -2.19. The minimum atomic E-state index is -0.412. The van der Waals surface area contributed by atoms with Crippen LogP contribution in [0.25, 0.3) is 0 Å². The number of carbonyl (C=O) groups excluding carboxylic acids is 2. The number of amides is 1. The standard InChI is InChI=1S/C8H11NO4/c10-5-12-6-1-2-8(3-6)4-9-7(11)13-8/h5-6H,1-4H2,(H,9,11). The molecule has 2 aliphatic rings. The van der Waals surface area contributed by atoms with Gasteiger partial charge >= 0.3 is 6.09 Å². The van der Waals surface area contributed by atoms with Crippen molar-refractivity contribution in [3.8, 4) is 0 Å². The van der Waals surface area contributed by atoms with E-state index < -0.39 is 5.60 Å². The molecule has 1 saturated carbocycles. The topological polar surface area (TPSA) is 64.6 Å². The molecular weight excluding hydrogens is 174 g/mol. The average molecular weight is 185 g/mol. The first-order valence-corrected chi connectivity index (χ1v) is 4.30. The van der Waals surface area contributed by atoms with Crippen LogP contribution in [-0.4, -0.2) is 30.8 Å². The van der Waals surface area contributed by atoms with E-state index >= 15 is 0 Å². The Morgan fingerprint density at radius 3 is 3.15 bits per heavy atom. The van der Waals surface area contributed by atoms with Crippen LogP contribution in [-0.2, 0) is 14.3 Å². The minimum absolute atomic E-state index is 0.0924. The maximum absolute atomic E-state index is 10.8. The third-order valence-corrected chi connectivity index (χ3v) is 2.63. The summed E-state index contributed by atoms with van der Waals surface area (Å²) in [6, 6.07) is 0. The molecule has 13 heavy (non-hydrogen) atoms. The van der Waals surface area contributed by atoms with Crippen molar-refractivity contribution < 1.29 is 19.1 Å². The largest absolute Gasteiger partial charge is 0.464 e. The van der Waals surface area contributed by atoms with Crippen LogP contribution >= 0.6 is 0 Å². The van der Waals surface area contributed by atoms with Crippen LogP contribution in [0, 0.1) is 0 Å². The van der Waals surface area contributed by atoms with Gasteiger partial charge in [-0.1, -0.05) is 0 Å². The van der Waals surface area contributed by atoms with E-state index in [-0.39, 0.29) is 12.2 Å². The van der Waals surface area contributed by atoms with Crippen LogP contribution in [0.4, 0.5) is 4.79 Å². The van der Waals surface area contributed by atoms with Crippen LogP contribution in [0.2, 0.25) is 0 Å². The summed E-state index contributed by atoms with van der Waals surface area (Å²) >= 11 is 0. The molecule has 1 amide bonds. The number of alkyl carbamates (subject to hydrolysis) is 1. The second kappa shape index (κ2) is 2.90. The van der Waals surface area contributed by atoms with E-state index in [4.69, 9.17) is 9.47 Å². The highest BCUT2D eigenvalue weighted by atomic mass is 16.6. The highest BCUT2D eigenvalue weighted by Crippen LogP contribution is 2.36. The highest BCUT2D eigenvalue weighted by Gasteiger charge is 2.47. The van der Waals surface area contributed by atoms with Gasteiger partial charge in [0.1, 0.15) is 11.7 Å². The van der Waals surface area contributed by atoms with E-state index in [0.29, 0.717) is 19.4 Å². The predicted molar refractivity (Wildman–Crippen MR) is 42.0 cm³/mol. The molecule has 1 spiro atoms. The summed E-state index contributed by atoms with van der Waals surface area (Å²) in [5.41, 5.74) is -0.412. The molecule has 2 rings (SSSR count). The molecule has 0 aromatic heterocycles. The molecule has 1 aliphatic carbocycles. The zero-order valence-corrected chi connectivity index (χ0v) is 7.12. The first-order chi connectivity index (χ1) is 6.24. The average Bonchev–Trinajstić information content (AvgIpc) is 2.62. The Morgan fingerprint density at radius 2 is 2.54 bits per heavy atom. The van der Waals surface area contributed by atoms with Crippen molar-refractivity contribution in [2.24, 2.45) is 0 Å². The zero-order chi connectivity index (χ0) is 9.31. The van der Waals surface area contributed by atoms with Crippen molar-refractivity contribution in [2.45, 2.75) is 31.0 Å². The first-order valence-electron chi connectivity index (χ1n) is 4.30. The summed E-state index contributed by atoms with van der Waals surface area (Å²) < 4.78 is 9.97. The second-order valence-corrected chi connectivity index (χ2v) is 3.52. The van der Waals surface area contributed by atoms with Crippen LogP contribution < -0.4 is 5.32 Å². The molecule has 0 aromatic carbocycles. The number of ether oxygens (including phenoxy) is 2. The van der Waals surface area contributed by atoms with Crippen molar-refractivity contribution in [2.75, 3.05) is 6.54 Å². The number of nitrogens with one attached hydrogen (secondary N) is 1. The first kappa shape index (κ1) is 8.34. The van der Waals surface area contributed by atoms with Gasteiger partial charge in [0, 0.05) is 6.42 Å². The second-order valence-electron chi connectivity index (χ2n) is 3.52. The number of hydrogen-bond donors (Lipinski definition) is 1. The third kappa shape index (κ3) is 1.46. The van der Waals surface area contributed by atoms with Crippen molar-refractivity contribution in [3.63, 3.8) is 0 Å². The minimum Gasteiger partial charge on any atom is -0.464 e. The Kier molecular flexibility index (Phi) is 1.86. The van der Waals surface area contributed by atoms with Gasteiger partial charge in [0.25, 0.3) is 6.47 Å². The molecule has 5 nitrogen and oxygen atoms in total. The van der Waals surface area contributed by atoms with Crippen molar-refractivity contribution in [3.05, 3.63) is 0 Å². The molecule has 1 N–H and O–H groups in total. The Balaban J connectivity index is 1.96. The monoisotopic (exact) mass is 185 g/mol. The van der Waals surface area contributed by atoms with Crippen LogP contribution in [0.5, 0.6) is 0 Å². The van der Waals surface area contributed by atoms with Crippen molar-refractivity contribution >= 4 is 12.6 Å². The molecule has 72 valence electrons. The molecule has 2 unspecified atom stereocenters. The van der Waals surface area contributed by atoms with E-state index in [0.717, 1.165) is 12.8 Å². The molecule has 1 heterocycles. The molecule has 0 bridgehead atoms. The number of carbonyl (C=O) groups is 2. The van der Waals surface area contributed by atoms with Gasteiger partial charge in [-0.15, -0.1) is 0 Å². The molecule has 0 aromatic rings. The SMILES string of the molecule is O=COC1CCC2(CNC(=O)O2)C1. The van der Waals surface area contributed by atoms with E-state index in [1.165, 1.54) is 0 Å². The quantitative estimate of drug-likeness (QED) is 0.624. The fraction of sp³-hybridized carbons (Fsp3) is 0.750. The normalized spacial score (nSPS) is 37.2. The van der Waals surface area contributed by atoms with E-state index in [1.54, 1.807) is 0 Å². The molecule has 2 fully saturated rings. The lowest BCUT2D eigenvalue weighted by atomic mass is 10.0. The Morgan fingerprint density at radius 1 is 1.69 bits per heavy atom. The van der Waals surface area contributed by atoms with Gasteiger partial charge in [-0.2, -0.15) is 0 Å². The number of rotatable bonds is 2. The third-order valence-electron chi connectivity index (χ3n) is 2.63. The molecule has 1 aliphatic heterocycles. The molecule has 0 radical (unpaired) electrons. The number of hydrogen-bond acceptors (Lipinski definition) is 4.